The molecule has 1 N–H and O–H groups in total. The van der Waals surface area contributed by atoms with Crippen molar-refractivity contribution < 1.29 is 19.5 Å². The fourth-order valence-corrected chi connectivity index (χ4v) is 2.15. The Morgan fingerprint density at radius 3 is 2.15 bits per heavy atom. The van der Waals surface area contributed by atoms with Crippen LogP contribution >= 0.6 is 0 Å². The highest BCUT2D eigenvalue weighted by atomic mass is 16.4. The fourth-order valence-electron chi connectivity index (χ4n) is 2.15. The molecule has 0 amide bonds. The zero-order valence-corrected chi connectivity index (χ0v) is 11.3. The van der Waals surface area contributed by atoms with Crippen molar-refractivity contribution in [1.82, 2.24) is 0 Å². The molecule has 1 aromatic rings. The summed E-state index contributed by atoms with van der Waals surface area (Å²) in [5.74, 6) is -2.32. The molecule has 1 aromatic carbocycles. The van der Waals surface area contributed by atoms with Crippen molar-refractivity contribution in [1.29, 1.82) is 0 Å². The Bertz CT molecular complexity index is 673. The van der Waals surface area contributed by atoms with Crippen LogP contribution in [-0.4, -0.2) is 22.6 Å². The summed E-state index contributed by atoms with van der Waals surface area (Å²) < 4.78 is 0. The minimum absolute atomic E-state index is 0.0578. The van der Waals surface area contributed by atoms with E-state index in [9.17, 15) is 19.5 Å². The third kappa shape index (κ3) is 2.32. The first-order chi connectivity index (χ1) is 9.43. The van der Waals surface area contributed by atoms with Gasteiger partial charge in [-0.05, 0) is 20.3 Å². The lowest BCUT2D eigenvalue weighted by molar-refractivity contribution is -0.132. The summed E-state index contributed by atoms with van der Waals surface area (Å²) in [5.41, 5.74) is 1.05. The highest BCUT2D eigenvalue weighted by molar-refractivity contribution is 6.35. The van der Waals surface area contributed by atoms with Gasteiger partial charge in [0.05, 0.1) is 0 Å². The standard InChI is InChI=1S/C16H14O4/c1-9(2)7-8-12-13(16(19)20)15(18)11-6-4-3-5-10(11)14(12)17/h3-7H,8H2,1-2H3,(H,19,20). The van der Waals surface area contributed by atoms with E-state index in [-0.39, 0.29) is 28.9 Å². The van der Waals surface area contributed by atoms with E-state index in [1.165, 1.54) is 6.07 Å². The Morgan fingerprint density at radius 1 is 1.10 bits per heavy atom. The predicted octanol–water partition coefficient (Wildman–Crippen LogP) is 2.80. The highest BCUT2D eigenvalue weighted by Gasteiger charge is 2.34. The van der Waals surface area contributed by atoms with Crippen molar-refractivity contribution in [3.8, 4) is 0 Å². The second-order valence-corrected chi connectivity index (χ2v) is 4.85. The topological polar surface area (TPSA) is 71.4 Å². The van der Waals surface area contributed by atoms with Crippen LogP contribution in [-0.2, 0) is 4.79 Å². The molecule has 0 heterocycles. The maximum atomic E-state index is 12.4. The van der Waals surface area contributed by atoms with Crippen molar-refractivity contribution in [2.24, 2.45) is 0 Å². The molecule has 0 atom stereocenters. The Labute approximate surface area is 116 Å². The minimum Gasteiger partial charge on any atom is -0.478 e. The second kappa shape index (κ2) is 5.25. The lowest BCUT2D eigenvalue weighted by Gasteiger charge is -2.18. The zero-order valence-electron chi connectivity index (χ0n) is 11.3. The number of allylic oxidation sites excluding steroid dienone is 3. The lowest BCUT2D eigenvalue weighted by Crippen LogP contribution is -2.26. The van der Waals surface area contributed by atoms with E-state index >= 15 is 0 Å². The van der Waals surface area contributed by atoms with E-state index in [0.717, 1.165) is 5.57 Å². The van der Waals surface area contributed by atoms with E-state index < -0.39 is 17.3 Å². The van der Waals surface area contributed by atoms with Crippen LogP contribution in [0, 0.1) is 0 Å². The molecule has 0 bridgehead atoms. The smallest absolute Gasteiger partial charge is 0.340 e. The van der Waals surface area contributed by atoms with Gasteiger partial charge in [0.15, 0.2) is 5.78 Å². The van der Waals surface area contributed by atoms with Gasteiger partial charge in [-0.2, -0.15) is 0 Å². The Balaban J connectivity index is 2.63. The molecule has 102 valence electrons. The quantitative estimate of drug-likeness (QED) is 0.677. The van der Waals surface area contributed by atoms with Gasteiger partial charge in [-0.1, -0.05) is 35.9 Å². The Kier molecular flexibility index (Phi) is 3.66. The summed E-state index contributed by atoms with van der Waals surface area (Å²) in [6.45, 7) is 3.70. The number of ketones is 2. The number of hydrogen-bond acceptors (Lipinski definition) is 3. The maximum Gasteiger partial charge on any atom is 0.340 e. The summed E-state index contributed by atoms with van der Waals surface area (Å²) in [4.78, 5) is 36.0. The van der Waals surface area contributed by atoms with Crippen LogP contribution in [0.5, 0.6) is 0 Å². The number of carbonyl (C=O) groups is 3. The number of aliphatic carboxylic acids is 1. The first-order valence-corrected chi connectivity index (χ1v) is 6.21. The van der Waals surface area contributed by atoms with Crippen LogP contribution in [0.25, 0.3) is 0 Å². The first-order valence-electron chi connectivity index (χ1n) is 6.21. The number of carbonyl (C=O) groups excluding carboxylic acids is 2. The maximum absolute atomic E-state index is 12.4. The Hall–Kier alpha value is -2.49. The van der Waals surface area contributed by atoms with Crippen molar-refractivity contribution in [3.05, 3.63) is 58.2 Å². The van der Waals surface area contributed by atoms with Crippen LogP contribution < -0.4 is 0 Å². The molecule has 0 aliphatic heterocycles. The van der Waals surface area contributed by atoms with Gasteiger partial charge < -0.3 is 5.11 Å². The van der Waals surface area contributed by atoms with E-state index in [0.29, 0.717) is 0 Å². The van der Waals surface area contributed by atoms with E-state index in [1.54, 1.807) is 24.3 Å². The van der Waals surface area contributed by atoms with Crippen LogP contribution in [0.3, 0.4) is 0 Å². The predicted molar refractivity (Wildman–Crippen MR) is 73.8 cm³/mol. The van der Waals surface area contributed by atoms with Crippen molar-refractivity contribution in [3.63, 3.8) is 0 Å². The molecule has 0 unspecified atom stereocenters. The SMILES string of the molecule is CC(C)=CCC1=C(C(=O)O)C(=O)c2ccccc2C1=O. The van der Waals surface area contributed by atoms with Gasteiger partial charge in [-0.25, -0.2) is 4.79 Å². The van der Waals surface area contributed by atoms with Crippen molar-refractivity contribution in [2.75, 3.05) is 0 Å². The molecule has 0 aromatic heterocycles. The lowest BCUT2D eigenvalue weighted by atomic mass is 9.82. The number of fused-ring (bicyclic) bond motifs is 1. The summed E-state index contributed by atoms with van der Waals surface area (Å²) in [6, 6.07) is 6.31. The van der Waals surface area contributed by atoms with Gasteiger partial charge in [0.1, 0.15) is 5.57 Å². The van der Waals surface area contributed by atoms with Gasteiger partial charge in [0, 0.05) is 16.7 Å². The molecule has 0 spiro atoms. The molecule has 20 heavy (non-hydrogen) atoms. The molecule has 4 heteroatoms. The average molecular weight is 270 g/mol. The summed E-state index contributed by atoms with van der Waals surface area (Å²) >= 11 is 0. The molecular formula is C16H14O4. The van der Waals surface area contributed by atoms with Crippen LogP contribution in [0.15, 0.2) is 47.1 Å². The van der Waals surface area contributed by atoms with Gasteiger partial charge in [-0.15, -0.1) is 0 Å². The first kappa shape index (κ1) is 13.9. The highest BCUT2D eigenvalue weighted by Crippen LogP contribution is 2.28. The van der Waals surface area contributed by atoms with Crippen LogP contribution in [0.2, 0.25) is 0 Å². The molecule has 1 aliphatic rings. The zero-order chi connectivity index (χ0) is 14.9. The molecule has 1 aliphatic carbocycles. The van der Waals surface area contributed by atoms with Gasteiger partial charge in [0.25, 0.3) is 0 Å². The van der Waals surface area contributed by atoms with Crippen molar-refractivity contribution in [2.45, 2.75) is 20.3 Å². The molecular weight excluding hydrogens is 256 g/mol. The third-order valence-corrected chi connectivity index (χ3v) is 3.15. The normalized spacial score (nSPS) is 14.1. The molecule has 4 nitrogen and oxygen atoms in total. The average Bonchev–Trinajstić information content (AvgIpc) is 2.40. The third-order valence-electron chi connectivity index (χ3n) is 3.15. The minimum atomic E-state index is -1.35. The Morgan fingerprint density at radius 2 is 1.65 bits per heavy atom. The van der Waals surface area contributed by atoms with Crippen LogP contribution in [0.1, 0.15) is 41.0 Å². The molecule has 0 saturated heterocycles. The fraction of sp³-hybridized carbons (Fsp3) is 0.188. The van der Waals surface area contributed by atoms with Gasteiger partial charge >= 0.3 is 5.97 Å². The van der Waals surface area contributed by atoms with Gasteiger partial charge in [-0.3, -0.25) is 9.59 Å². The number of hydrogen-bond donors (Lipinski definition) is 1. The number of carboxylic acid groups (broad SMARTS) is 1. The van der Waals surface area contributed by atoms with Gasteiger partial charge in [0.2, 0.25) is 5.78 Å². The molecule has 0 saturated carbocycles. The summed E-state index contributed by atoms with van der Waals surface area (Å²) in [7, 11) is 0. The monoisotopic (exact) mass is 270 g/mol. The van der Waals surface area contributed by atoms with Crippen LogP contribution in [0.4, 0.5) is 0 Å². The number of carboxylic acids is 1. The summed E-state index contributed by atoms with van der Waals surface area (Å²) in [5, 5.41) is 9.24. The van der Waals surface area contributed by atoms with E-state index in [1.807, 2.05) is 13.8 Å². The molecule has 0 fully saturated rings. The molecule has 2 rings (SSSR count). The largest absolute Gasteiger partial charge is 0.478 e. The summed E-state index contributed by atoms with van der Waals surface area (Å²) in [6.07, 6.45) is 1.90. The number of benzene rings is 1. The number of Topliss-reactive ketones (excluding diaryl/α,β-unsaturated/α-hetero) is 2. The molecule has 0 radical (unpaired) electrons. The van der Waals surface area contributed by atoms with E-state index in [2.05, 4.69) is 0 Å². The van der Waals surface area contributed by atoms with E-state index in [4.69, 9.17) is 0 Å². The van der Waals surface area contributed by atoms with Crippen molar-refractivity contribution >= 4 is 17.5 Å². The number of rotatable bonds is 3. The second-order valence-electron chi connectivity index (χ2n) is 4.85.